The standard InChI is InChI=1S/C35H32N2O6S4.Na/c38-46(39,40)24-10-22-36-32(44-30-20-18-26-12-6-8-14-28(26)34(30)36)16-4-2-1-3-5-17-33-37(23-11-25-47(41,42)43)35-29-15-9-7-13-27(29)19-21-31(35)45-33;/h1-9,12-21H,10-11,22-25H2,(H-,38,39,40,41,42,43);/q;+1. The molecule has 1 N–H and O–H groups in total. The molecule has 4 aromatic carbocycles. The third kappa shape index (κ3) is 8.87. The molecule has 5 aromatic rings. The molecule has 0 bridgehead atoms. The molecule has 0 atom stereocenters. The molecule has 48 heavy (non-hydrogen) atoms. The number of rotatable bonds is 12. The van der Waals surface area contributed by atoms with Crippen molar-refractivity contribution in [1.29, 1.82) is 0 Å². The summed E-state index contributed by atoms with van der Waals surface area (Å²) in [6.07, 6.45) is 14.1. The fourth-order valence-electron chi connectivity index (χ4n) is 5.71. The molecule has 1 aliphatic heterocycles. The van der Waals surface area contributed by atoms with Crippen LogP contribution in [0.5, 0.6) is 0 Å². The summed E-state index contributed by atoms with van der Waals surface area (Å²) in [6.45, 7) is 0.847. The van der Waals surface area contributed by atoms with Crippen molar-refractivity contribution in [2.45, 2.75) is 24.3 Å². The van der Waals surface area contributed by atoms with Crippen molar-refractivity contribution in [2.75, 3.05) is 23.0 Å². The number of benzene rings is 4. The van der Waals surface area contributed by atoms with E-state index in [2.05, 4.69) is 51.9 Å². The van der Waals surface area contributed by atoms with Crippen LogP contribution in [-0.2, 0) is 26.8 Å². The van der Waals surface area contributed by atoms with Gasteiger partial charge in [0.05, 0.1) is 32.0 Å². The number of anilines is 1. The molecule has 0 saturated heterocycles. The number of aryl methyl sites for hydroxylation is 1. The van der Waals surface area contributed by atoms with Crippen LogP contribution in [0.25, 0.3) is 37.8 Å². The van der Waals surface area contributed by atoms with Gasteiger partial charge >= 0.3 is 29.6 Å². The van der Waals surface area contributed by atoms with Crippen molar-refractivity contribution in [3.8, 4) is 0 Å². The van der Waals surface area contributed by atoms with Gasteiger partial charge in [-0.2, -0.15) is 13.0 Å². The zero-order chi connectivity index (χ0) is 33.0. The Hall–Kier alpha value is -2.78. The van der Waals surface area contributed by atoms with Gasteiger partial charge in [0.15, 0.2) is 6.54 Å². The van der Waals surface area contributed by atoms with E-state index in [9.17, 15) is 25.9 Å². The summed E-state index contributed by atoms with van der Waals surface area (Å²) in [5, 5.41) is 6.26. The van der Waals surface area contributed by atoms with Crippen LogP contribution in [0.3, 0.4) is 0 Å². The van der Waals surface area contributed by atoms with Crippen molar-refractivity contribution < 1.29 is 60.1 Å². The normalized spacial score (nSPS) is 14.8. The number of hydrogen-bond acceptors (Lipinski definition) is 8. The molecular weight excluding hydrogens is 696 g/mol. The molecule has 6 rings (SSSR count). The molecule has 2 heterocycles. The van der Waals surface area contributed by atoms with Gasteiger partial charge in [0.25, 0.3) is 15.1 Å². The fraction of sp³-hybridized carbons (Fsp3) is 0.171. The van der Waals surface area contributed by atoms with E-state index in [0.29, 0.717) is 13.1 Å². The second-order valence-corrected chi connectivity index (χ2v) is 16.2. The summed E-state index contributed by atoms with van der Waals surface area (Å²) in [4.78, 5) is 3.20. The van der Waals surface area contributed by atoms with Crippen LogP contribution < -0.4 is 39.0 Å². The van der Waals surface area contributed by atoms with Gasteiger partial charge in [0, 0.05) is 35.1 Å². The third-order valence-corrected chi connectivity index (χ3v) is 11.5. The molecule has 0 spiro atoms. The average molecular weight is 728 g/mol. The van der Waals surface area contributed by atoms with E-state index in [0.717, 1.165) is 52.4 Å². The Morgan fingerprint density at radius 3 is 2.21 bits per heavy atom. The van der Waals surface area contributed by atoms with Gasteiger partial charge in [-0.15, -0.1) is 0 Å². The van der Waals surface area contributed by atoms with Crippen LogP contribution in [0, 0.1) is 0 Å². The first-order chi connectivity index (χ1) is 22.6. The Kier molecular flexibility index (Phi) is 12.0. The monoisotopic (exact) mass is 727 g/mol. The summed E-state index contributed by atoms with van der Waals surface area (Å²) < 4.78 is 69.1. The first-order valence-corrected chi connectivity index (χ1v) is 19.8. The molecule has 0 saturated carbocycles. The quantitative estimate of drug-likeness (QED) is 0.0876. The van der Waals surface area contributed by atoms with E-state index >= 15 is 0 Å². The molecule has 1 aromatic heterocycles. The minimum absolute atomic E-state index is 0. The van der Waals surface area contributed by atoms with Crippen molar-refractivity contribution in [3.63, 3.8) is 0 Å². The number of thiazole rings is 1. The fourth-order valence-corrected chi connectivity index (χ4v) is 8.92. The summed E-state index contributed by atoms with van der Waals surface area (Å²) in [5.74, 6) is -0.719. The third-order valence-electron chi connectivity index (χ3n) is 7.71. The van der Waals surface area contributed by atoms with Crippen molar-refractivity contribution in [2.24, 2.45) is 0 Å². The van der Waals surface area contributed by atoms with E-state index < -0.39 is 26.0 Å². The predicted octanol–water partition coefficient (Wildman–Crippen LogP) is 4.29. The SMILES string of the molecule is O=S(=O)([O-])CCC[n+]1c(/C=C/C=C/C=C/C=C2\Sc3ccc4ccccc4c3N2CCCS(=O)(=O)O)sc2ccc3ccccc3c21.[Na+]. The topological polar surface area (TPSA) is 119 Å². The summed E-state index contributed by atoms with van der Waals surface area (Å²) in [7, 11) is -8.36. The van der Waals surface area contributed by atoms with E-state index in [1.165, 1.54) is 0 Å². The van der Waals surface area contributed by atoms with E-state index in [4.69, 9.17) is 0 Å². The number of nitrogens with zero attached hydrogens (tertiary/aromatic N) is 2. The maximum absolute atomic E-state index is 11.4. The molecular formula is C35H32N2NaO6S4+. The van der Waals surface area contributed by atoms with Crippen LogP contribution >= 0.6 is 23.1 Å². The van der Waals surface area contributed by atoms with Gasteiger partial charge in [-0.25, -0.2) is 8.42 Å². The average Bonchev–Trinajstić information content (AvgIpc) is 3.57. The summed E-state index contributed by atoms with van der Waals surface area (Å²) >= 11 is 3.23. The summed E-state index contributed by atoms with van der Waals surface area (Å²) in [6, 6.07) is 24.5. The van der Waals surface area contributed by atoms with Crippen LogP contribution in [0.15, 0.2) is 119 Å². The number of fused-ring (bicyclic) bond motifs is 6. The Morgan fingerprint density at radius 2 is 1.46 bits per heavy atom. The number of allylic oxidation sites excluding steroid dienone is 6. The summed E-state index contributed by atoms with van der Waals surface area (Å²) in [5.41, 5.74) is 2.06. The van der Waals surface area contributed by atoms with Gasteiger partial charge in [0.2, 0.25) is 5.52 Å². The van der Waals surface area contributed by atoms with Crippen molar-refractivity contribution in [3.05, 3.63) is 119 Å². The van der Waals surface area contributed by atoms with Gasteiger partial charge < -0.3 is 9.45 Å². The second kappa shape index (κ2) is 15.8. The molecule has 13 heteroatoms. The molecule has 0 amide bonds. The van der Waals surface area contributed by atoms with Gasteiger partial charge in [-0.05, 0) is 41.5 Å². The van der Waals surface area contributed by atoms with Crippen LogP contribution in [0.2, 0.25) is 0 Å². The minimum Gasteiger partial charge on any atom is -0.748 e. The molecule has 242 valence electrons. The van der Waals surface area contributed by atoms with Crippen LogP contribution in [0.1, 0.15) is 17.8 Å². The largest absolute Gasteiger partial charge is 1.00 e. The smallest absolute Gasteiger partial charge is 0.748 e. The molecule has 8 nitrogen and oxygen atoms in total. The Balaban J connectivity index is 0.00000451. The maximum atomic E-state index is 11.4. The number of aromatic nitrogens is 1. The number of thioether (sulfide) groups is 1. The molecule has 0 aliphatic carbocycles. The predicted molar refractivity (Wildman–Crippen MR) is 192 cm³/mol. The first-order valence-electron chi connectivity index (χ1n) is 15.0. The minimum atomic E-state index is -4.30. The molecule has 0 radical (unpaired) electrons. The van der Waals surface area contributed by atoms with Crippen molar-refractivity contribution in [1.82, 2.24) is 0 Å². The van der Waals surface area contributed by atoms with Gasteiger partial charge in [-0.1, -0.05) is 108 Å². The molecule has 0 unspecified atom stereocenters. The first kappa shape index (κ1) is 36.5. The van der Waals surface area contributed by atoms with Gasteiger partial charge in [-0.3, -0.25) is 4.55 Å². The Bertz CT molecular complexity index is 2310. The second-order valence-electron chi connectivity index (χ2n) is 11.0. The van der Waals surface area contributed by atoms with Crippen LogP contribution in [-0.4, -0.2) is 44.0 Å². The van der Waals surface area contributed by atoms with Crippen molar-refractivity contribution >= 4 is 86.9 Å². The zero-order valence-corrected chi connectivity index (χ0v) is 31.5. The number of hydrogen-bond donors (Lipinski definition) is 1. The van der Waals surface area contributed by atoms with E-state index in [-0.39, 0.29) is 48.2 Å². The van der Waals surface area contributed by atoms with Crippen LogP contribution in [0.4, 0.5) is 5.69 Å². The Morgan fingerprint density at radius 1 is 0.792 bits per heavy atom. The zero-order valence-electron chi connectivity index (χ0n) is 26.2. The van der Waals surface area contributed by atoms with E-state index in [1.54, 1.807) is 23.1 Å². The van der Waals surface area contributed by atoms with Gasteiger partial charge in [0.1, 0.15) is 4.70 Å². The Labute approximate surface area is 311 Å². The molecule has 0 fully saturated rings. The maximum Gasteiger partial charge on any atom is 1.00 e. The molecule has 1 aliphatic rings. The van der Waals surface area contributed by atoms with E-state index in [1.807, 2.05) is 72.9 Å².